The van der Waals surface area contributed by atoms with Crippen molar-refractivity contribution < 1.29 is 14.3 Å². The van der Waals surface area contributed by atoms with Gasteiger partial charge in [-0.2, -0.15) is 0 Å². The van der Waals surface area contributed by atoms with Gasteiger partial charge in [0.1, 0.15) is 5.75 Å². The maximum absolute atomic E-state index is 12.2. The molecule has 0 aromatic heterocycles. The topological polar surface area (TPSA) is 79.5 Å². The quantitative estimate of drug-likeness (QED) is 0.812. The minimum absolute atomic E-state index is 0.236. The number of anilines is 2. The molecule has 0 unspecified atom stereocenters. The molecule has 2 aromatic rings. The number of hydrogen-bond donors (Lipinski definition) is 3. The van der Waals surface area contributed by atoms with Crippen molar-refractivity contribution in [2.45, 2.75) is 0 Å². The van der Waals surface area contributed by atoms with Crippen LogP contribution in [0.15, 0.2) is 48.5 Å². The van der Waals surface area contributed by atoms with Gasteiger partial charge in [0.2, 0.25) is 0 Å². The lowest BCUT2D eigenvalue weighted by Gasteiger charge is -2.09. The predicted octanol–water partition coefficient (Wildman–Crippen LogP) is 2.70. The number of rotatable bonds is 4. The van der Waals surface area contributed by atoms with Crippen molar-refractivity contribution in [1.29, 1.82) is 0 Å². The summed E-state index contributed by atoms with van der Waals surface area (Å²) >= 11 is 0. The van der Waals surface area contributed by atoms with E-state index in [1.807, 2.05) is 0 Å². The van der Waals surface area contributed by atoms with Crippen LogP contribution in [0.4, 0.5) is 16.2 Å². The molecule has 22 heavy (non-hydrogen) atoms. The molecule has 0 aliphatic rings. The van der Waals surface area contributed by atoms with Crippen molar-refractivity contribution in [2.24, 2.45) is 0 Å². The van der Waals surface area contributed by atoms with Crippen LogP contribution in [0.2, 0.25) is 0 Å². The number of ether oxygens (including phenoxy) is 1. The van der Waals surface area contributed by atoms with Gasteiger partial charge >= 0.3 is 6.03 Å². The predicted molar refractivity (Wildman–Crippen MR) is 85.5 cm³/mol. The van der Waals surface area contributed by atoms with Crippen molar-refractivity contribution in [3.05, 3.63) is 54.1 Å². The molecule has 6 heteroatoms. The zero-order valence-corrected chi connectivity index (χ0v) is 12.3. The molecule has 0 atom stereocenters. The Morgan fingerprint density at radius 2 is 1.59 bits per heavy atom. The molecule has 0 bridgehead atoms. The molecular formula is C16H17N3O3. The molecule has 0 saturated carbocycles. The average molecular weight is 299 g/mol. The summed E-state index contributed by atoms with van der Waals surface area (Å²) in [5.41, 5.74) is 1.70. The van der Waals surface area contributed by atoms with Gasteiger partial charge in [-0.25, -0.2) is 4.79 Å². The number of hydrogen-bond acceptors (Lipinski definition) is 3. The summed E-state index contributed by atoms with van der Waals surface area (Å²) in [7, 11) is 3.10. The highest BCUT2D eigenvalue weighted by Gasteiger charge is 2.07. The highest BCUT2D eigenvalue weighted by molar-refractivity contribution is 6.04. The summed E-state index contributed by atoms with van der Waals surface area (Å²) in [6.07, 6.45) is 0. The number of nitrogens with one attached hydrogen (secondary N) is 3. The van der Waals surface area contributed by atoms with Gasteiger partial charge in [0, 0.05) is 24.0 Å². The lowest BCUT2D eigenvalue weighted by atomic mass is 10.2. The first-order valence-corrected chi connectivity index (χ1v) is 6.66. The molecule has 0 spiro atoms. The van der Waals surface area contributed by atoms with Gasteiger partial charge in [0.15, 0.2) is 0 Å². The molecule has 0 heterocycles. The van der Waals surface area contributed by atoms with E-state index in [0.29, 0.717) is 22.7 Å². The summed E-state index contributed by atoms with van der Waals surface area (Å²) in [6, 6.07) is 13.4. The summed E-state index contributed by atoms with van der Waals surface area (Å²) in [4.78, 5) is 23.4. The van der Waals surface area contributed by atoms with Crippen LogP contribution >= 0.6 is 0 Å². The fourth-order valence-corrected chi connectivity index (χ4v) is 1.81. The Kier molecular flexibility index (Phi) is 4.98. The third-order valence-corrected chi connectivity index (χ3v) is 2.96. The van der Waals surface area contributed by atoms with E-state index in [4.69, 9.17) is 4.74 Å². The van der Waals surface area contributed by atoms with Crippen molar-refractivity contribution in [3.8, 4) is 5.75 Å². The summed E-state index contributed by atoms with van der Waals surface area (Å²) in [5.74, 6) is 0.452. The minimum Gasteiger partial charge on any atom is -0.497 e. The van der Waals surface area contributed by atoms with E-state index < -0.39 is 0 Å². The average Bonchev–Trinajstić information content (AvgIpc) is 2.55. The van der Waals surface area contributed by atoms with Crippen LogP contribution in [0.3, 0.4) is 0 Å². The largest absolute Gasteiger partial charge is 0.497 e. The fraction of sp³-hybridized carbons (Fsp3) is 0.125. The first-order valence-electron chi connectivity index (χ1n) is 6.66. The zero-order valence-electron chi connectivity index (χ0n) is 12.3. The molecule has 0 aliphatic carbocycles. The van der Waals surface area contributed by atoms with E-state index in [9.17, 15) is 9.59 Å². The van der Waals surface area contributed by atoms with E-state index in [2.05, 4.69) is 16.0 Å². The van der Waals surface area contributed by atoms with Crippen LogP contribution < -0.4 is 20.7 Å². The second-order valence-corrected chi connectivity index (χ2v) is 4.47. The number of benzene rings is 2. The van der Waals surface area contributed by atoms with Crippen LogP contribution in [0.1, 0.15) is 10.4 Å². The van der Waals surface area contributed by atoms with E-state index >= 15 is 0 Å². The fourth-order valence-electron chi connectivity index (χ4n) is 1.81. The molecule has 2 aromatic carbocycles. The normalized spacial score (nSPS) is 9.73. The van der Waals surface area contributed by atoms with Crippen LogP contribution in [0, 0.1) is 0 Å². The summed E-state index contributed by atoms with van der Waals surface area (Å²) in [6.45, 7) is 0. The second kappa shape index (κ2) is 7.12. The van der Waals surface area contributed by atoms with Gasteiger partial charge in [-0.15, -0.1) is 0 Å². The van der Waals surface area contributed by atoms with Crippen LogP contribution in [0.5, 0.6) is 5.75 Å². The second-order valence-electron chi connectivity index (χ2n) is 4.47. The summed E-state index contributed by atoms with van der Waals surface area (Å²) in [5, 5.41) is 7.88. The van der Waals surface area contributed by atoms with Crippen LogP contribution in [-0.2, 0) is 0 Å². The monoisotopic (exact) mass is 299 g/mol. The van der Waals surface area contributed by atoms with E-state index in [1.54, 1.807) is 55.6 Å². The van der Waals surface area contributed by atoms with Crippen LogP contribution in [-0.4, -0.2) is 26.1 Å². The van der Waals surface area contributed by atoms with Gasteiger partial charge in [-0.1, -0.05) is 6.07 Å². The highest BCUT2D eigenvalue weighted by Crippen LogP contribution is 2.17. The molecule has 3 amide bonds. The smallest absolute Gasteiger partial charge is 0.318 e. The van der Waals surface area contributed by atoms with Crippen molar-refractivity contribution >= 4 is 23.3 Å². The van der Waals surface area contributed by atoms with Gasteiger partial charge in [-0.05, 0) is 42.5 Å². The molecule has 114 valence electrons. The Morgan fingerprint density at radius 3 is 2.18 bits per heavy atom. The molecule has 3 N–H and O–H groups in total. The maximum atomic E-state index is 12.2. The van der Waals surface area contributed by atoms with Crippen LogP contribution in [0.25, 0.3) is 0 Å². The number of urea groups is 1. The Hall–Kier alpha value is -3.02. The van der Waals surface area contributed by atoms with Gasteiger partial charge in [0.25, 0.3) is 5.91 Å². The number of carbonyl (C=O) groups excluding carboxylic acids is 2. The number of carbonyl (C=O) groups is 2. The third-order valence-electron chi connectivity index (χ3n) is 2.96. The van der Waals surface area contributed by atoms with E-state index in [0.717, 1.165) is 0 Å². The molecule has 0 fully saturated rings. The molecule has 0 saturated heterocycles. The van der Waals surface area contributed by atoms with Gasteiger partial charge in [-0.3, -0.25) is 4.79 Å². The SMILES string of the molecule is CNC(=O)Nc1cccc(NC(=O)c2ccc(OC)cc2)c1. The molecule has 6 nitrogen and oxygen atoms in total. The maximum Gasteiger partial charge on any atom is 0.318 e. The van der Waals surface area contributed by atoms with E-state index in [-0.39, 0.29) is 11.9 Å². The number of amides is 3. The van der Waals surface area contributed by atoms with E-state index in [1.165, 1.54) is 7.05 Å². The Morgan fingerprint density at radius 1 is 0.955 bits per heavy atom. The lowest BCUT2D eigenvalue weighted by molar-refractivity contribution is 0.102. The van der Waals surface area contributed by atoms with Gasteiger partial charge < -0.3 is 20.7 Å². The Labute approximate surface area is 128 Å². The molecule has 0 aliphatic heterocycles. The molecule has 0 radical (unpaired) electrons. The molecular weight excluding hydrogens is 282 g/mol. The minimum atomic E-state index is -0.321. The first-order chi connectivity index (χ1) is 10.6. The standard InChI is InChI=1S/C16H17N3O3/c1-17-16(21)19-13-5-3-4-12(10-13)18-15(20)11-6-8-14(22-2)9-7-11/h3-10H,1-2H3,(H,18,20)(H2,17,19,21). The Balaban J connectivity index is 2.07. The number of methoxy groups -OCH3 is 1. The van der Waals surface area contributed by atoms with Crippen molar-refractivity contribution in [3.63, 3.8) is 0 Å². The lowest BCUT2D eigenvalue weighted by Crippen LogP contribution is -2.24. The highest BCUT2D eigenvalue weighted by atomic mass is 16.5. The first kappa shape index (κ1) is 15.4. The van der Waals surface area contributed by atoms with Gasteiger partial charge in [0.05, 0.1) is 7.11 Å². The third kappa shape index (κ3) is 3.99. The van der Waals surface area contributed by atoms with Crippen molar-refractivity contribution in [2.75, 3.05) is 24.8 Å². The Bertz CT molecular complexity index is 669. The summed E-state index contributed by atoms with van der Waals surface area (Å²) < 4.78 is 5.05. The van der Waals surface area contributed by atoms with Crippen molar-refractivity contribution in [1.82, 2.24) is 5.32 Å². The molecule has 2 rings (SSSR count). The zero-order chi connectivity index (χ0) is 15.9.